The maximum absolute atomic E-state index is 14.2. The summed E-state index contributed by atoms with van der Waals surface area (Å²) in [5.41, 5.74) is 0.606. The monoisotopic (exact) mass is 928 g/mol. The number of aromatic hydroxyl groups is 2. The fourth-order valence-corrected chi connectivity index (χ4v) is 5.97. The summed E-state index contributed by atoms with van der Waals surface area (Å²) in [6.45, 7) is 7.12. The van der Waals surface area contributed by atoms with Gasteiger partial charge in [-0.1, -0.05) is 86.6 Å². The van der Waals surface area contributed by atoms with Gasteiger partial charge in [-0.05, 0) is 61.1 Å². The molecule has 0 fully saturated rings. The molecule has 0 bridgehead atoms. The molecule has 0 amide bonds. The number of hydrogen-bond donors (Lipinski definition) is 2. The molecule has 4 nitrogen and oxygen atoms in total. The average molecular weight is 930 g/mol. The predicted octanol–water partition coefficient (Wildman–Crippen LogP) is 13.6. The van der Waals surface area contributed by atoms with Crippen LogP contribution < -0.4 is 0 Å². The zero-order valence-electron chi connectivity index (χ0n) is 32.3. The summed E-state index contributed by atoms with van der Waals surface area (Å²) in [6.07, 6.45) is 0.927. The van der Waals surface area contributed by atoms with Crippen molar-refractivity contribution >= 4 is 41.4 Å². The summed E-state index contributed by atoms with van der Waals surface area (Å²) >= 11 is -0.556. The summed E-state index contributed by atoms with van der Waals surface area (Å²) in [6, 6.07) is 22.6. The molecule has 6 aromatic carbocycles. The molecule has 0 saturated heterocycles. The number of hydrogen-bond acceptors (Lipinski definition) is 4. The predicted molar refractivity (Wildman–Crippen MR) is 212 cm³/mol. The molecule has 0 atom stereocenters. The van der Waals surface area contributed by atoms with Crippen LogP contribution in [0.2, 0.25) is 0 Å². The number of rotatable bonds is 8. The van der Waals surface area contributed by atoms with Gasteiger partial charge in [0.15, 0.2) is 46.5 Å². The first kappa shape index (κ1) is 48.5. The molecule has 0 saturated carbocycles. The first-order valence-electron chi connectivity index (χ1n) is 17.9. The van der Waals surface area contributed by atoms with Crippen LogP contribution in [0.25, 0.3) is 0 Å². The Balaban J connectivity index is 0.000000252. The summed E-state index contributed by atoms with van der Waals surface area (Å²) in [7, 11) is 9.78. The third-order valence-electron chi connectivity index (χ3n) is 8.85. The van der Waals surface area contributed by atoms with Gasteiger partial charge in [-0.15, -0.1) is 0 Å². The number of aliphatic imine (C=N–C) groups is 2. The molecule has 2 N–H and O–H groups in total. The van der Waals surface area contributed by atoms with E-state index in [2.05, 4.69) is 9.98 Å². The zero-order valence-corrected chi connectivity index (χ0v) is 35.4. The van der Waals surface area contributed by atoms with Crippen molar-refractivity contribution in [3.63, 3.8) is 0 Å². The number of phenolic OH excluding ortho intramolecular Hbond substituents is 2. The molecule has 0 aromatic heterocycles. The molecular weight excluding hydrogens is 897 g/mol. The third-order valence-corrected chi connectivity index (χ3v) is 8.85. The van der Waals surface area contributed by atoms with Gasteiger partial charge in [0.05, 0.1) is 11.4 Å². The Morgan fingerprint density at radius 2 is 0.738 bits per heavy atom. The van der Waals surface area contributed by atoms with Crippen molar-refractivity contribution in [3.05, 3.63) is 188 Å². The van der Waals surface area contributed by atoms with Crippen LogP contribution in [-0.2, 0) is 29.9 Å². The van der Waals surface area contributed by atoms with Gasteiger partial charge in [0.25, 0.3) is 0 Å². The van der Waals surface area contributed by atoms with Gasteiger partial charge in [0.2, 0.25) is 11.6 Å². The molecule has 0 heterocycles. The Morgan fingerprint density at radius 1 is 0.475 bits per heavy atom. The Labute approximate surface area is 360 Å². The van der Waals surface area contributed by atoms with E-state index in [0.717, 1.165) is 11.1 Å². The number of benzene rings is 6. The van der Waals surface area contributed by atoms with E-state index >= 15 is 0 Å². The number of phenols is 2. The van der Waals surface area contributed by atoms with Crippen LogP contribution in [0.4, 0.5) is 55.3 Å². The first-order chi connectivity index (χ1) is 28.9. The van der Waals surface area contributed by atoms with Crippen molar-refractivity contribution < 1.29 is 71.1 Å². The Bertz CT molecular complexity index is 2380. The Kier molecular flexibility index (Phi) is 17.2. The molecular formula is C44H32Cl2F10N2O2Ti. The van der Waals surface area contributed by atoms with Gasteiger partial charge in [0.1, 0.15) is 22.9 Å². The summed E-state index contributed by atoms with van der Waals surface area (Å²) in [4.78, 5) is 7.60. The first-order valence-corrected chi connectivity index (χ1v) is 22.2. The second kappa shape index (κ2) is 21.6. The number of aryl methyl sites for hydroxylation is 4. The summed E-state index contributed by atoms with van der Waals surface area (Å²) in [5.74, 6) is -21.4. The van der Waals surface area contributed by atoms with Crippen LogP contribution >= 0.6 is 18.6 Å². The topological polar surface area (TPSA) is 65.2 Å². The van der Waals surface area contributed by atoms with Crippen molar-refractivity contribution in [2.45, 2.75) is 40.5 Å². The molecule has 6 aromatic rings. The Hall–Kier alpha value is -5.15. The molecule has 318 valence electrons. The van der Waals surface area contributed by atoms with Crippen LogP contribution in [0, 0.1) is 72.0 Å². The van der Waals surface area contributed by atoms with Gasteiger partial charge in [0, 0.05) is 22.3 Å². The summed E-state index contributed by atoms with van der Waals surface area (Å²) in [5, 5.41) is 21.3. The molecule has 0 aliphatic heterocycles. The van der Waals surface area contributed by atoms with E-state index in [1.807, 2.05) is 13.8 Å². The van der Waals surface area contributed by atoms with E-state index in [0.29, 0.717) is 35.1 Å². The van der Waals surface area contributed by atoms with Gasteiger partial charge in [-0.3, -0.25) is 0 Å². The van der Waals surface area contributed by atoms with Gasteiger partial charge >= 0.3 is 35.6 Å². The second-order valence-corrected chi connectivity index (χ2v) is 15.5. The van der Waals surface area contributed by atoms with Crippen molar-refractivity contribution in [1.82, 2.24) is 0 Å². The number of halogens is 12. The number of nitrogens with zero attached hydrogens (tertiary/aromatic N) is 2. The standard InChI is InChI=1S/2C22H16F5NO.2ClH.Ti/c2*1-3-12-9-11(2)10-14(22(12)29)20(13-7-5-4-6-8-13)28-21-18(26)16(24)15(23)17(25)19(21)27;;;/h2*4-10,29H,3H2,1-2H3;2*1H;/q;;;;+2/p-2. The molecule has 0 spiro atoms. The van der Waals surface area contributed by atoms with Crippen LogP contribution in [0.3, 0.4) is 0 Å². The fourth-order valence-electron chi connectivity index (χ4n) is 5.97. The summed E-state index contributed by atoms with van der Waals surface area (Å²) < 4.78 is 138. The van der Waals surface area contributed by atoms with E-state index in [1.54, 1.807) is 86.6 Å². The van der Waals surface area contributed by atoms with Crippen molar-refractivity contribution in [2.75, 3.05) is 0 Å². The van der Waals surface area contributed by atoms with Crippen LogP contribution in [0.15, 0.2) is 94.9 Å². The van der Waals surface area contributed by atoms with Crippen LogP contribution in [-0.4, -0.2) is 21.6 Å². The molecule has 0 aliphatic carbocycles. The molecule has 0 unspecified atom stereocenters. The van der Waals surface area contributed by atoms with Crippen LogP contribution in [0.5, 0.6) is 11.5 Å². The van der Waals surface area contributed by atoms with E-state index in [-0.39, 0.29) is 34.0 Å². The Morgan fingerprint density at radius 3 is 1.00 bits per heavy atom. The van der Waals surface area contributed by atoms with E-state index in [1.165, 1.54) is 12.1 Å². The van der Waals surface area contributed by atoms with Gasteiger partial charge in [-0.25, -0.2) is 53.9 Å². The average Bonchev–Trinajstić information content (AvgIpc) is 3.26. The van der Waals surface area contributed by atoms with E-state index in [9.17, 15) is 54.1 Å². The van der Waals surface area contributed by atoms with E-state index < -0.39 is 86.6 Å². The molecule has 6 rings (SSSR count). The van der Waals surface area contributed by atoms with Gasteiger partial charge < -0.3 is 10.2 Å². The fraction of sp³-hybridized carbons (Fsp3) is 0.136. The third kappa shape index (κ3) is 10.8. The van der Waals surface area contributed by atoms with Crippen molar-refractivity contribution in [3.8, 4) is 11.5 Å². The van der Waals surface area contributed by atoms with Crippen molar-refractivity contribution in [1.29, 1.82) is 0 Å². The maximum atomic E-state index is 14.2. The van der Waals surface area contributed by atoms with E-state index in [4.69, 9.17) is 18.6 Å². The second-order valence-electron chi connectivity index (χ2n) is 12.9. The molecule has 0 radical (unpaired) electrons. The van der Waals surface area contributed by atoms with Gasteiger partial charge in [-0.2, -0.15) is 0 Å². The molecule has 61 heavy (non-hydrogen) atoms. The molecule has 0 aliphatic rings. The minimum atomic E-state index is -2.26. The van der Waals surface area contributed by atoms with Crippen molar-refractivity contribution in [2.24, 2.45) is 9.98 Å². The molecule has 17 heteroatoms. The normalized spacial score (nSPS) is 11.4. The van der Waals surface area contributed by atoms with Crippen LogP contribution in [0.1, 0.15) is 58.4 Å². The quantitative estimate of drug-likeness (QED) is 0.0525. The zero-order chi connectivity index (χ0) is 45.3. The SMILES string of the molecule is CCc1cc(C)cc(C(=Nc2c(F)c(F)c(F)c(F)c2F)c2ccccc2)c1O.CCc1cc(C)cc(C(=Nc2c(F)c(F)c(F)c(F)c2F)c2ccccc2)c1O.[Cl][Ti][Cl]. The minimum absolute atomic E-state index is 0.121.